The average molecular weight is 286 g/mol. The Labute approximate surface area is 106 Å². The Hall–Kier alpha value is -0.450. The van der Waals surface area contributed by atoms with E-state index in [1.165, 1.54) is 0 Å². The van der Waals surface area contributed by atoms with Crippen LogP contribution in [0.2, 0.25) is 0 Å². The van der Waals surface area contributed by atoms with Gasteiger partial charge in [-0.2, -0.15) is 0 Å². The smallest absolute Gasteiger partial charge is 0.0683 e. The summed E-state index contributed by atoms with van der Waals surface area (Å²) in [7, 11) is 0. The highest BCUT2D eigenvalue weighted by atomic mass is 79.9. The largest absolute Gasteiger partial charge is 0.313 e. The van der Waals surface area contributed by atoms with Gasteiger partial charge in [-0.25, -0.2) is 0 Å². The summed E-state index contributed by atoms with van der Waals surface area (Å²) in [5.74, 6) is 0. The molecule has 0 saturated carbocycles. The maximum absolute atomic E-state index is 4.32. The summed E-state index contributed by atoms with van der Waals surface area (Å²) in [6.45, 7) is 8.25. The van der Waals surface area contributed by atoms with Crippen molar-refractivity contribution in [2.75, 3.05) is 6.54 Å². The van der Waals surface area contributed by atoms with Crippen molar-refractivity contribution in [3.8, 4) is 0 Å². The SMILES string of the molecule is CC(C)NCC(C)NCc1ncccc1Br. The second-order valence-electron chi connectivity index (χ2n) is 4.28. The van der Waals surface area contributed by atoms with Crippen molar-refractivity contribution < 1.29 is 0 Å². The van der Waals surface area contributed by atoms with Crippen LogP contribution < -0.4 is 10.6 Å². The van der Waals surface area contributed by atoms with E-state index < -0.39 is 0 Å². The molecule has 3 nitrogen and oxygen atoms in total. The lowest BCUT2D eigenvalue weighted by Crippen LogP contribution is -2.38. The van der Waals surface area contributed by atoms with E-state index in [0.29, 0.717) is 12.1 Å². The first-order valence-corrected chi connectivity index (χ1v) is 6.45. The summed E-state index contributed by atoms with van der Waals surface area (Å²) in [5, 5.41) is 6.84. The van der Waals surface area contributed by atoms with E-state index in [1.54, 1.807) is 0 Å². The van der Waals surface area contributed by atoms with Crippen LogP contribution in [0.4, 0.5) is 0 Å². The van der Waals surface area contributed by atoms with Crippen LogP contribution in [0.1, 0.15) is 26.5 Å². The molecule has 1 rings (SSSR count). The standard InChI is InChI=1S/C12H20BrN3/c1-9(2)15-7-10(3)16-8-12-11(13)5-4-6-14-12/h4-6,9-10,15-16H,7-8H2,1-3H3. The zero-order valence-corrected chi connectivity index (χ0v) is 11.7. The van der Waals surface area contributed by atoms with Crippen molar-refractivity contribution in [2.45, 2.75) is 39.4 Å². The molecule has 0 amide bonds. The van der Waals surface area contributed by atoms with E-state index in [2.05, 4.69) is 52.3 Å². The minimum absolute atomic E-state index is 0.441. The molecule has 0 radical (unpaired) electrons. The normalized spacial score (nSPS) is 13.1. The molecule has 0 aliphatic carbocycles. The van der Waals surface area contributed by atoms with E-state index in [1.807, 2.05) is 18.3 Å². The van der Waals surface area contributed by atoms with Crippen LogP contribution in [0.3, 0.4) is 0 Å². The quantitative estimate of drug-likeness (QED) is 0.842. The molecular weight excluding hydrogens is 266 g/mol. The first-order chi connectivity index (χ1) is 7.59. The summed E-state index contributed by atoms with van der Waals surface area (Å²) < 4.78 is 1.06. The van der Waals surface area contributed by atoms with Crippen LogP contribution in [0.5, 0.6) is 0 Å². The molecule has 1 atom stereocenters. The van der Waals surface area contributed by atoms with E-state index >= 15 is 0 Å². The van der Waals surface area contributed by atoms with Gasteiger partial charge in [0.2, 0.25) is 0 Å². The van der Waals surface area contributed by atoms with Crippen LogP contribution in [-0.2, 0) is 6.54 Å². The fraction of sp³-hybridized carbons (Fsp3) is 0.583. The Morgan fingerprint density at radius 2 is 2.06 bits per heavy atom. The lowest BCUT2D eigenvalue weighted by Gasteiger charge is -2.16. The van der Waals surface area contributed by atoms with Crippen molar-refractivity contribution in [2.24, 2.45) is 0 Å². The van der Waals surface area contributed by atoms with Gasteiger partial charge in [0.05, 0.1) is 5.69 Å². The van der Waals surface area contributed by atoms with E-state index in [-0.39, 0.29) is 0 Å². The number of nitrogens with one attached hydrogen (secondary N) is 2. The number of aromatic nitrogens is 1. The number of hydrogen-bond acceptors (Lipinski definition) is 3. The van der Waals surface area contributed by atoms with E-state index in [9.17, 15) is 0 Å². The molecule has 0 aromatic carbocycles. The molecule has 0 fully saturated rings. The molecule has 4 heteroatoms. The highest BCUT2D eigenvalue weighted by Crippen LogP contribution is 2.12. The van der Waals surface area contributed by atoms with Crippen LogP contribution in [0, 0.1) is 0 Å². The van der Waals surface area contributed by atoms with Gasteiger partial charge >= 0.3 is 0 Å². The summed E-state index contributed by atoms with van der Waals surface area (Å²) in [5.41, 5.74) is 1.05. The average Bonchev–Trinajstić information content (AvgIpc) is 2.25. The van der Waals surface area contributed by atoms with Gasteiger partial charge in [-0.15, -0.1) is 0 Å². The molecule has 0 aliphatic heterocycles. The van der Waals surface area contributed by atoms with Gasteiger partial charge in [-0.05, 0) is 35.0 Å². The Morgan fingerprint density at radius 3 is 2.69 bits per heavy atom. The van der Waals surface area contributed by atoms with Crippen molar-refractivity contribution in [1.29, 1.82) is 0 Å². The Kier molecular flexibility index (Phi) is 5.95. The lowest BCUT2D eigenvalue weighted by molar-refractivity contribution is 0.471. The zero-order valence-electron chi connectivity index (χ0n) is 10.1. The van der Waals surface area contributed by atoms with Crippen molar-refractivity contribution >= 4 is 15.9 Å². The third-order valence-corrected chi connectivity index (χ3v) is 3.01. The number of rotatable bonds is 6. The first kappa shape index (κ1) is 13.6. The fourth-order valence-electron chi connectivity index (χ4n) is 1.30. The zero-order chi connectivity index (χ0) is 12.0. The summed E-state index contributed by atoms with van der Waals surface area (Å²) in [4.78, 5) is 4.32. The molecule has 2 N–H and O–H groups in total. The van der Waals surface area contributed by atoms with Gasteiger partial charge in [-0.1, -0.05) is 13.8 Å². The molecule has 1 aromatic rings. The first-order valence-electron chi connectivity index (χ1n) is 5.65. The molecule has 1 heterocycles. The van der Waals surface area contributed by atoms with Gasteiger partial charge in [-0.3, -0.25) is 4.98 Å². The van der Waals surface area contributed by atoms with Gasteiger partial charge in [0.1, 0.15) is 0 Å². The van der Waals surface area contributed by atoms with Crippen LogP contribution >= 0.6 is 15.9 Å². The maximum Gasteiger partial charge on any atom is 0.0683 e. The van der Waals surface area contributed by atoms with Gasteiger partial charge in [0.15, 0.2) is 0 Å². The summed E-state index contributed by atoms with van der Waals surface area (Å²) >= 11 is 3.49. The van der Waals surface area contributed by atoms with E-state index in [4.69, 9.17) is 0 Å². The minimum Gasteiger partial charge on any atom is -0.313 e. The van der Waals surface area contributed by atoms with Crippen LogP contribution in [0.15, 0.2) is 22.8 Å². The third-order valence-electron chi connectivity index (χ3n) is 2.28. The molecule has 0 saturated heterocycles. The number of hydrogen-bond donors (Lipinski definition) is 2. The summed E-state index contributed by atoms with van der Waals surface area (Å²) in [6.07, 6.45) is 1.82. The van der Waals surface area contributed by atoms with Crippen molar-refractivity contribution in [1.82, 2.24) is 15.6 Å². The van der Waals surface area contributed by atoms with Crippen LogP contribution in [-0.4, -0.2) is 23.6 Å². The lowest BCUT2D eigenvalue weighted by atomic mass is 10.3. The second-order valence-corrected chi connectivity index (χ2v) is 5.13. The Morgan fingerprint density at radius 1 is 1.31 bits per heavy atom. The predicted octanol–water partition coefficient (Wildman–Crippen LogP) is 2.32. The van der Waals surface area contributed by atoms with Gasteiger partial charge in [0, 0.05) is 35.8 Å². The number of halogens is 1. The van der Waals surface area contributed by atoms with Gasteiger partial charge in [0.25, 0.3) is 0 Å². The Bertz CT molecular complexity index is 315. The molecule has 1 unspecified atom stereocenters. The van der Waals surface area contributed by atoms with Crippen molar-refractivity contribution in [3.63, 3.8) is 0 Å². The van der Waals surface area contributed by atoms with E-state index in [0.717, 1.165) is 23.3 Å². The molecule has 0 bridgehead atoms. The minimum atomic E-state index is 0.441. The molecule has 1 aromatic heterocycles. The Balaban J connectivity index is 2.31. The summed E-state index contributed by atoms with van der Waals surface area (Å²) in [6, 6.07) is 4.92. The van der Waals surface area contributed by atoms with Crippen LogP contribution in [0.25, 0.3) is 0 Å². The number of pyridine rings is 1. The maximum atomic E-state index is 4.32. The predicted molar refractivity (Wildman–Crippen MR) is 71.4 cm³/mol. The third kappa shape index (κ3) is 5.05. The monoisotopic (exact) mass is 285 g/mol. The molecule has 0 aliphatic rings. The molecule has 0 spiro atoms. The number of nitrogens with zero attached hydrogens (tertiary/aromatic N) is 1. The molecule has 16 heavy (non-hydrogen) atoms. The highest BCUT2D eigenvalue weighted by molar-refractivity contribution is 9.10. The van der Waals surface area contributed by atoms with Crippen molar-refractivity contribution in [3.05, 3.63) is 28.5 Å². The van der Waals surface area contributed by atoms with Gasteiger partial charge < -0.3 is 10.6 Å². The molecule has 90 valence electrons. The second kappa shape index (κ2) is 6.99. The highest BCUT2D eigenvalue weighted by Gasteiger charge is 2.04. The molecular formula is C12H20BrN3. The fourth-order valence-corrected chi connectivity index (χ4v) is 1.70. The topological polar surface area (TPSA) is 37.0 Å².